The molecule has 0 atom stereocenters. The van der Waals surface area contributed by atoms with Crippen LogP contribution in [0.3, 0.4) is 0 Å². The highest BCUT2D eigenvalue weighted by Crippen LogP contribution is 1.78. The maximum Gasteiger partial charge on any atom is 0.345 e. The number of hydrogen-bond donors (Lipinski definition) is 2. The standard InChI is InChI=1S/C2H8BN4/c1-6-3-7(2)5-4-6/h4-5H,1-2H3. The van der Waals surface area contributed by atoms with Crippen molar-refractivity contribution < 1.29 is 0 Å². The first-order valence-corrected chi connectivity index (χ1v) is 2.11. The average molecular weight is 98.9 g/mol. The monoisotopic (exact) mass is 99.1 g/mol. The van der Waals surface area contributed by atoms with Crippen LogP contribution in [0.4, 0.5) is 0 Å². The molecule has 0 aliphatic carbocycles. The maximum absolute atomic E-state index is 2.82. The highest BCUT2D eigenvalue weighted by molar-refractivity contribution is 6.28. The second-order valence-electron chi connectivity index (χ2n) is 1.56. The lowest BCUT2D eigenvalue weighted by Gasteiger charge is -2.00. The van der Waals surface area contributed by atoms with Crippen molar-refractivity contribution in [2.75, 3.05) is 14.1 Å². The van der Waals surface area contributed by atoms with Gasteiger partial charge in [-0.2, -0.15) is 11.1 Å². The number of nitrogens with one attached hydrogen (secondary N) is 2. The van der Waals surface area contributed by atoms with Crippen LogP contribution in [-0.2, 0) is 0 Å². The molecule has 2 N–H and O–H groups in total. The van der Waals surface area contributed by atoms with Crippen LogP contribution < -0.4 is 11.1 Å². The minimum Gasteiger partial charge on any atom is -0.257 e. The largest absolute Gasteiger partial charge is 0.345 e. The molecular formula is C2H8BN4. The van der Waals surface area contributed by atoms with Crippen molar-refractivity contribution in [2.24, 2.45) is 0 Å². The number of nitrogens with zero attached hydrogens (tertiary/aromatic N) is 2. The lowest BCUT2D eigenvalue weighted by molar-refractivity contribution is 0.295. The fourth-order valence-electron chi connectivity index (χ4n) is 0.475. The highest BCUT2D eigenvalue weighted by atomic mass is 15.9. The fourth-order valence-corrected chi connectivity index (χ4v) is 0.475. The first kappa shape index (κ1) is 5.05. The van der Waals surface area contributed by atoms with Crippen molar-refractivity contribution in [3.05, 3.63) is 0 Å². The summed E-state index contributed by atoms with van der Waals surface area (Å²) in [5.74, 6) is 0. The topological polar surface area (TPSA) is 30.5 Å². The van der Waals surface area contributed by atoms with Crippen LogP contribution in [0, 0.1) is 0 Å². The molecule has 39 valence electrons. The van der Waals surface area contributed by atoms with Crippen LogP contribution in [0.1, 0.15) is 0 Å². The number of hydrogen-bond acceptors (Lipinski definition) is 4. The maximum atomic E-state index is 2.82. The van der Waals surface area contributed by atoms with E-state index in [2.05, 4.69) is 11.1 Å². The van der Waals surface area contributed by atoms with Crippen LogP contribution in [-0.4, -0.2) is 31.5 Å². The summed E-state index contributed by atoms with van der Waals surface area (Å²) in [6.45, 7) is 0. The second kappa shape index (κ2) is 1.79. The lowest BCUT2D eigenvalue weighted by Crippen LogP contribution is -2.35. The molecule has 0 aromatic rings. The molecule has 7 heavy (non-hydrogen) atoms. The second-order valence-corrected chi connectivity index (χ2v) is 1.56. The van der Waals surface area contributed by atoms with Gasteiger partial charge >= 0.3 is 7.55 Å². The van der Waals surface area contributed by atoms with Gasteiger partial charge in [0.2, 0.25) is 0 Å². The van der Waals surface area contributed by atoms with Crippen molar-refractivity contribution in [1.29, 1.82) is 0 Å². The molecule has 1 rings (SSSR count). The quantitative estimate of drug-likeness (QED) is 0.355. The molecule has 0 aromatic carbocycles. The Bertz CT molecular complexity index is 58.7. The molecule has 0 amide bonds. The molecule has 0 bridgehead atoms. The van der Waals surface area contributed by atoms with Gasteiger partial charge < -0.3 is 0 Å². The van der Waals surface area contributed by atoms with Crippen molar-refractivity contribution in [2.45, 2.75) is 0 Å². The van der Waals surface area contributed by atoms with Gasteiger partial charge in [0.15, 0.2) is 0 Å². The Morgan fingerprint density at radius 3 is 1.71 bits per heavy atom. The van der Waals surface area contributed by atoms with Gasteiger partial charge in [0, 0.05) is 0 Å². The number of hydrazine groups is 3. The Morgan fingerprint density at radius 2 is 1.57 bits per heavy atom. The zero-order valence-corrected chi connectivity index (χ0v) is 4.47. The molecule has 1 aliphatic heterocycles. The summed E-state index contributed by atoms with van der Waals surface area (Å²) in [6, 6.07) is 0. The molecule has 1 saturated heterocycles. The van der Waals surface area contributed by atoms with E-state index >= 15 is 0 Å². The van der Waals surface area contributed by atoms with Crippen molar-refractivity contribution in [3.8, 4) is 0 Å². The van der Waals surface area contributed by atoms with Crippen LogP contribution in [0.5, 0.6) is 0 Å². The summed E-state index contributed by atoms with van der Waals surface area (Å²) in [4.78, 5) is 3.64. The van der Waals surface area contributed by atoms with Gasteiger partial charge in [-0.15, -0.1) is 0 Å². The van der Waals surface area contributed by atoms with Gasteiger partial charge in [-0.1, -0.05) is 0 Å². The minimum atomic E-state index is 1.82. The lowest BCUT2D eigenvalue weighted by atomic mass is 10.2. The Hall–Kier alpha value is -0.0951. The SMILES string of the molecule is CN1[B]N(C)NN1. The van der Waals surface area contributed by atoms with E-state index in [9.17, 15) is 0 Å². The zero-order chi connectivity index (χ0) is 5.28. The van der Waals surface area contributed by atoms with Crippen LogP contribution >= 0.6 is 0 Å². The van der Waals surface area contributed by atoms with E-state index in [0.29, 0.717) is 0 Å². The van der Waals surface area contributed by atoms with Gasteiger partial charge in [-0.3, -0.25) is 9.84 Å². The van der Waals surface area contributed by atoms with Crippen LogP contribution in [0.25, 0.3) is 0 Å². The molecular weight excluding hydrogens is 90.9 g/mol. The third-order valence-electron chi connectivity index (χ3n) is 0.749. The van der Waals surface area contributed by atoms with E-state index in [1.165, 1.54) is 0 Å². The van der Waals surface area contributed by atoms with Crippen LogP contribution in [0.2, 0.25) is 0 Å². The molecule has 1 radical (unpaired) electrons. The number of rotatable bonds is 0. The summed E-state index contributed by atoms with van der Waals surface area (Å²) >= 11 is 0. The smallest absolute Gasteiger partial charge is 0.257 e. The average Bonchev–Trinajstić information content (AvgIpc) is 1.87. The molecule has 4 nitrogen and oxygen atoms in total. The van der Waals surface area contributed by atoms with E-state index < -0.39 is 0 Å². The highest BCUT2D eigenvalue weighted by Gasteiger charge is 2.12. The zero-order valence-electron chi connectivity index (χ0n) is 4.47. The molecule has 0 saturated carbocycles. The summed E-state index contributed by atoms with van der Waals surface area (Å²) in [5.41, 5.74) is 5.65. The third kappa shape index (κ3) is 1.14. The van der Waals surface area contributed by atoms with Gasteiger partial charge in [0.25, 0.3) is 0 Å². The summed E-state index contributed by atoms with van der Waals surface area (Å²) < 4.78 is 0. The molecule has 1 heterocycles. The van der Waals surface area contributed by atoms with Crippen LogP contribution in [0.15, 0.2) is 0 Å². The fraction of sp³-hybridized carbons (Fsp3) is 1.00. The summed E-state index contributed by atoms with van der Waals surface area (Å²) in [5, 5.41) is 0. The Kier molecular flexibility index (Phi) is 1.29. The molecule has 1 fully saturated rings. The molecule has 0 aromatic heterocycles. The first-order valence-electron chi connectivity index (χ1n) is 2.11. The van der Waals surface area contributed by atoms with Crippen molar-refractivity contribution in [1.82, 2.24) is 20.9 Å². The Morgan fingerprint density at radius 1 is 1.14 bits per heavy atom. The molecule has 5 heteroatoms. The third-order valence-corrected chi connectivity index (χ3v) is 0.749. The van der Waals surface area contributed by atoms with E-state index in [0.717, 1.165) is 0 Å². The van der Waals surface area contributed by atoms with E-state index in [1.807, 2.05) is 31.5 Å². The van der Waals surface area contributed by atoms with E-state index in [1.54, 1.807) is 0 Å². The normalized spacial score (nSPS) is 25.4. The van der Waals surface area contributed by atoms with E-state index in [-0.39, 0.29) is 0 Å². The predicted octanol–water partition coefficient (Wildman–Crippen LogP) is -1.68. The molecule has 1 aliphatic rings. The van der Waals surface area contributed by atoms with Gasteiger partial charge in [-0.05, 0) is 14.1 Å². The van der Waals surface area contributed by atoms with Crippen molar-refractivity contribution in [3.63, 3.8) is 0 Å². The summed E-state index contributed by atoms with van der Waals surface area (Å²) in [6.07, 6.45) is 0. The summed E-state index contributed by atoms with van der Waals surface area (Å²) in [7, 11) is 5.72. The Balaban J connectivity index is 2.26. The van der Waals surface area contributed by atoms with Crippen molar-refractivity contribution >= 4 is 7.55 Å². The van der Waals surface area contributed by atoms with Gasteiger partial charge in [-0.25, -0.2) is 0 Å². The van der Waals surface area contributed by atoms with Gasteiger partial charge in [0.1, 0.15) is 0 Å². The molecule has 0 unspecified atom stereocenters. The molecule has 0 spiro atoms. The van der Waals surface area contributed by atoms with E-state index in [4.69, 9.17) is 0 Å². The predicted molar refractivity (Wildman–Crippen MR) is 27.6 cm³/mol. The minimum absolute atomic E-state index is 1.82. The van der Waals surface area contributed by atoms with Gasteiger partial charge in [0.05, 0.1) is 0 Å². The first-order chi connectivity index (χ1) is 3.29. The Labute approximate surface area is 43.7 Å².